The first-order valence-corrected chi connectivity index (χ1v) is 12.2. The van der Waals surface area contributed by atoms with E-state index in [-0.39, 0.29) is 29.7 Å². The summed E-state index contributed by atoms with van der Waals surface area (Å²) < 4.78 is 0. The van der Waals surface area contributed by atoms with Crippen molar-refractivity contribution in [2.45, 2.75) is 72.5 Å². The number of nitrogens with zero attached hydrogens (tertiary/aromatic N) is 1. The number of carbonyl (C=O) groups is 5. The number of carbonyl (C=O) groups excluding carboxylic acids is 5. The Morgan fingerprint density at radius 2 is 1.77 bits per heavy atom. The summed E-state index contributed by atoms with van der Waals surface area (Å²) in [7, 11) is 1.47. The van der Waals surface area contributed by atoms with Gasteiger partial charge in [-0.15, -0.1) is 6.58 Å². The number of nitrogens with one attached hydrogen (secondary N) is 4. The van der Waals surface area contributed by atoms with Crippen LogP contribution in [0.5, 0.6) is 0 Å². The molecular formula is C25H41N5O5. The van der Waals surface area contributed by atoms with E-state index in [0.717, 1.165) is 0 Å². The lowest BCUT2D eigenvalue weighted by atomic mass is 9.85. The molecule has 5 atom stereocenters. The second kappa shape index (κ2) is 10.8. The van der Waals surface area contributed by atoms with E-state index >= 15 is 0 Å². The fourth-order valence-electron chi connectivity index (χ4n) is 5.06. The van der Waals surface area contributed by atoms with E-state index in [9.17, 15) is 24.0 Å². The first-order valence-electron chi connectivity index (χ1n) is 12.2. The number of rotatable bonds is 10. The number of Topliss-reactive ketones (excluding diaryl/α,β-unsaturated/α-hetero) is 1. The van der Waals surface area contributed by atoms with Crippen LogP contribution in [-0.2, 0) is 19.2 Å². The first kappa shape index (κ1) is 28.3. The molecule has 0 bridgehead atoms. The minimum atomic E-state index is -0.988. The molecule has 5 amide bonds. The Morgan fingerprint density at radius 1 is 1.14 bits per heavy atom. The molecule has 4 N–H and O–H groups in total. The molecule has 2 aliphatic rings. The van der Waals surface area contributed by atoms with Crippen LogP contribution < -0.4 is 21.3 Å². The smallest absolute Gasteiger partial charge is 0.315 e. The Kier molecular flexibility index (Phi) is 8.73. The van der Waals surface area contributed by atoms with Crippen molar-refractivity contribution >= 4 is 29.5 Å². The summed E-state index contributed by atoms with van der Waals surface area (Å²) >= 11 is 0. The second-order valence-electron chi connectivity index (χ2n) is 11.1. The zero-order valence-corrected chi connectivity index (χ0v) is 22.0. The molecule has 0 aromatic heterocycles. The van der Waals surface area contributed by atoms with Crippen LogP contribution in [0.4, 0.5) is 4.79 Å². The molecule has 3 unspecified atom stereocenters. The molecular weight excluding hydrogens is 450 g/mol. The summed E-state index contributed by atoms with van der Waals surface area (Å²) in [6, 6.07) is -3.11. The van der Waals surface area contributed by atoms with Gasteiger partial charge in [-0.1, -0.05) is 54.0 Å². The lowest BCUT2D eigenvalue weighted by Crippen LogP contribution is -2.61. The zero-order chi connectivity index (χ0) is 26.7. The van der Waals surface area contributed by atoms with Gasteiger partial charge >= 0.3 is 6.03 Å². The van der Waals surface area contributed by atoms with E-state index in [1.807, 2.05) is 27.7 Å². The normalized spacial score (nSPS) is 23.9. The van der Waals surface area contributed by atoms with Gasteiger partial charge in [0.2, 0.25) is 17.6 Å². The summed E-state index contributed by atoms with van der Waals surface area (Å²) in [5.74, 6) is -2.23. The number of piperidine rings is 1. The highest BCUT2D eigenvalue weighted by Gasteiger charge is 2.69. The van der Waals surface area contributed by atoms with Crippen LogP contribution >= 0.6 is 0 Å². The minimum Gasteiger partial charge on any atom is -0.346 e. The lowest BCUT2D eigenvalue weighted by Gasteiger charge is -2.37. The average molecular weight is 492 g/mol. The molecule has 1 saturated heterocycles. The Hall–Kier alpha value is -2.91. The van der Waals surface area contributed by atoms with Gasteiger partial charge in [-0.25, -0.2) is 4.79 Å². The van der Waals surface area contributed by atoms with Gasteiger partial charge in [-0.2, -0.15) is 0 Å². The Labute approximate surface area is 208 Å². The number of amides is 5. The third-order valence-corrected chi connectivity index (χ3v) is 7.22. The van der Waals surface area contributed by atoms with E-state index in [0.29, 0.717) is 19.4 Å². The van der Waals surface area contributed by atoms with Crippen molar-refractivity contribution in [3.05, 3.63) is 12.7 Å². The van der Waals surface area contributed by atoms with Crippen molar-refractivity contribution in [2.24, 2.45) is 22.7 Å². The summed E-state index contributed by atoms with van der Waals surface area (Å²) in [4.78, 5) is 65.8. The number of hydrogen-bond acceptors (Lipinski definition) is 5. The van der Waals surface area contributed by atoms with E-state index in [2.05, 4.69) is 41.7 Å². The summed E-state index contributed by atoms with van der Waals surface area (Å²) in [6.07, 6.45) is 2.35. The van der Waals surface area contributed by atoms with Crippen molar-refractivity contribution in [3.8, 4) is 0 Å². The van der Waals surface area contributed by atoms with E-state index in [1.54, 1.807) is 0 Å². The first-order chi connectivity index (χ1) is 16.2. The quantitative estimate of drug-likeness (QED) is 0.267. The minimum absolute atomic E-state index is 0.0703. The van der Waals surface area contributed by atoms with E-state index < -0.39 is 47.2 Å². The van der Waals surface area contributed by atoms with Crippen molar-refractivity contribution in [1.29, 1.82) is 0 Å². The van der Waals surface area contributed by atoms with Crippen molar-refractivity contribution in [1.82, 2.24) is 26.2 Å². The Morgan fingerprint density at radius 3 is 2.29 bits per heavy atom. The van der Waals surface area contributed by atoms with Crippen molar-refractivity contribution < 1.29 is 24.0 Å². The predicted octanol–water partition coefficient (Wildman–Crippen LogP) is 0.969. The molecule has 2 fully saturated rings. The SMILES string of the molecule is C=CCNC(=O)C(=O)C(CCC)NC(=O)[C@@H]1C2C(CN1C(=O)[C@@H](NC(=O)NC)C(C)(C)C)C2(C)C. The highest BCUT2D eigenvalue weighted by Crippen LogP contribution is 2.65. The molecule has 1 heterocycles. The van der Waals surface area contributed by atoms with Crippen LogP contribution in [-0.4, -0.2) is 72.7 Å². The van der Waals surface area contributed by atoms with Gasteiger partial charge in [0.05, 0.1) is 6.04 Å². The standard InChI is InChI=1S/C25H41N5O5/c1-9-11-15(18(31)21(33)27-12-10-2)28-20(32)17-16-14(25(16,6)7)13-30(17)22(34)19(24(3,4)5)29-23(35)26-8/h10,14-17,19H,2,9,11-13H2,1,3-8H3,(H,27,33)(H,28,32)(H2,26,29,35)/t14?,15?,16?,17-,19+/m0/s1. The highest BCUT2D eigenvalue weighted by molar-refractivity contribution is 6.38. The van der Waals surface area contributed by atoms with Gasteiger partial charge in [0.25, 0.3) is 5.91 Å². The van der Waals surface area contributed by atoms with Crippen LogP contribution in [0.15, 0.2) is 12.7 Å². The molecule has 2 rings (SSSR count). The van der Waals surface area contributed by atoms with Gasteiger partial charge in [0, 0.05) is 20.1 Å². The monoisotopic (exact) mass is 491 g/mol. The van der Waals surface area contributed by atoms with Crippen LogP contribution in [0, 0.1) is 22.7 Å². The maximum Gasteiger partial charge on any atom is 0.315 e. The fourth-order valence-corrected chi connectivity index (χ4v) is 5.06. The van der Waals surface area contributed by atoms with Crippen LogP contribution in [0.2, 0.25) is 0 Å². The van der Waals surface area contributed by atoms with Crippen LogP contribution in [0.3, 0.4) is 0 Å². The molecule has 10 heteroatoms. The van der Waals surface area contributed by atoms with E-state index in [4.69, 9.17) is 0 Å². The molecule has 10 nitrogen and oxygen atoms in total. The second-order valence-corrected chi connectivity index (χ2v) is 11.1. The van der Waals surface area contributed by atoms with Gasteiger partial charge in [-0.05, 0) is 29.1 Å². The Balaban J connectivity index is 2.29. The zero-order valence-electron chi connectivity index (χ0n) is 22.0. The summed E-state index contributed by atoms with van der Waals surface area (Å²) in [5.41, 5.74) is -0.729. The maximum absolute atomic E-state index is 13.7. The molecule has 196 valence electrons. The number of likely N-dealkylation sites (tertiary alicyclic amines) is 1. The highest BCUT2D eigenvalue weighted by atomic mass is 16.2. The van der Waals surface area contributed by atoms with E-state index in [1.165, 1.54) is 18.0 Å². The van der Waals surface area contributed by atoms with Crippen LogP contribution in [0.1, 0.15) is 54.4 Å². The molecule has 1 saturated carbocycles. The van der Waals surface area contributed by atoms with Crippen molar-refractivity contribution in [3.63, 3.8) is 0 Å². The molecule has 0 spiro atoms. The third kappa shape index (κ3) is 6.02. The number of urea groups is 1. The topological polar surface area (TPSA) is 137 Å². The van der Waals surface area contributed by atoms with Gasteiger partial charge < -0.3 is 26.2 Å². The van der Waals surface area contributed by atoms with Gasteiger partial charge in [-0.3, -0.25) is 19.2 Å². The molecule has 35 heavy (non-hydrogen) atoms. The van der Waals surface area contributed by atoms with Crippen molar-refractivity contribution in [2.75, 3.05) is 20.1 Å². The summed E-state index contributed by atoms with van der Waals surface area (Å²) in [6.45, 7) is 15.6. The van der Waals surface area contributed by atoms with Crippen LogP contribution in [0.25, 0.3) is 0 Å². The third-order valence-electron chi connectivity index (χ3n) is 7.22. The number of fused-ring (bicyclic) bond motifs is 1. The average Bonchev–Trinajstić information content (AvgIpc) is 3.12. The predicted molar refractivity (Wildman–Crippen MR) is 132 cm³/mol. The lowest BCUT2D eigenvalue weighted by molar-refractivity contribution is -0.145. The number of ketones is 1. The molecule has 0 aromatic carbocycles. The Bertz CT molecular complexity index is 878. The molecule has 1 aliphatic carbocycles. The molecule has 1 aliphatic heterocycles. The van der Waals surface area contributed by atoms with Gasteiger partial charge in [0.15, 0.2) is 0 Å². The fraction of sp³-hybridized carbons (Fsp3) is 0.720. The van der Waals surface area contributed by atoms with Gasteiger partial charge in [0.1, 0.15) is 12.1 Å². The largest absolute Gasteiger partial charge is 0.346 e. The number of hydrogen-bond donors (Lipinski definition) is 4. The molecule has 0 aromatic rings. The maximum atomic E-state index is 13.7. The molecule has 0 radical (unpaired) electrons. The summed E-state index contributed by atoms with van der Waals surface area (Å²) in [5, 5.41) is 10.4.